The molecule has 0 aliphatic heterocycles. The monoisotopic (exact) mass is 313 g/mol. The highest BCUT2D eigenvalue weighted by atomic mass is 16.5. The van der Waals surface area contributed by atoms with Crippen LogP contribution in [0.3, 0.4) is 0 Å². The van der Waals surface area contributed by atoms with Gasteiger partial charge in [0.15, 0.2) is 11.5 Å². The fraction of sp³-hybridized carbons (Fsp3) is 0.316. The normalized spacial score (nSPS) is 13.0. The maximum Gasteiger partial charge on any atom is 0.227 e. The Labute approximate surface area is 137 Å². The molecule has 0 radical (unpaired) electrons. The molecule has 0 spiro atoms. The lowest BCUT2D eigenvalue weighted by Gasteiger charge is -2.19. The summed E-state index contributed by atoms with van der Waals surface area (Å²) >= 11 is 0. The summed E-state index contributed by atoms with van der Waals surface area (Å²) in [6.45, 7) is 3.86. The van der Waals surface area contributed by atoms with E-state index in [1.54, 1.807) is 14.2 Å². The summed E-state index contributed by atoms with van der Waals surface area (Å²) in [7, 11) is 3.18. The summed E-state index contributed by atoms with van der Waals surface area (Å²) in [6.07, 6.45) is 0. The van der Waals surface area contributed by atoms with Crippen molar-refractivity contribution in [3.8, 4) is 11.5 Å². The molecule has 2 unspecified atom stereocenters. The predicted octanol–water partition coefficient (Wildman–Crippen LogP) is 3.68. The van der Waals surface area contributed by atoms with Gasteiger partial charge in [-0.05, 0) is 37.1 Å². The summed E-state index contributed by atoms with van der Waals surface area (Å²) in [5, 5.41) is 3.05. The van der Waals surface area contributed by atoms with Gasteiger partial charge in [-0.15, -0.1) is 0 Å². The van der Waals surface area contributed by atoms with E-state index < -0.39 is 0 Å². The largest absolute Gasteiger partial charge is 0.493 e. The van der Waals surface area contributed by atoms with Crippen LogP contribution in [0, 0.1) is 0 Å². The number of carbonyl (C=O) groups excluding carboxylic acids is 1. The SMILES string of the molecule is COc1ccc(C(C)C(=O)NC(C)c2ccccc2)cc1OC. The molecular formula is C19H23NO3. The fourth-order valence-corrected chi connectivity index (χ4v) is 2.44. The van der Waals surface area contributed by atoms with Crippen LogP contribution in [0.1, 0.15) is 36.9 Å². The van der Waals surface area contributed by atoms with Gasteiger partial charge in [0, 0.05) is 0 Å². The van der Waals surface area contributed by atoms with Crippen molar-refractivity contribution >= 4 is 5.91 Å². The van der Waals surface area contributed by atoms with Crippen molar-refractivity contribution in [2.45, 2.75) is 25.8 Å². The molecular weight excluding hydrogens is 290 g/mol. The van der Waals surface area contributed by atoms with Gasteiger partial charge in [0.25, 0.3) is 0 Å². The first-order valence-electron chi connectivity index (χ1n) is 7.64. The van der Waals surface area contributed by atoms with Gasteiger partial charge in [0.05, 0.1) is 26.2 Å². The second-order valence-electron chi connectivity index (χ2n) is 5.48. The van der Waals surface area contributed by atoms with Crippen molar-refractivity contribution in [3.05, 3.63) is 59.7 Å². The van der Waals surface area contributed by atoms with Crippen LogP contribution < -0.4 is 14.8 Å². The Balaban J connectivity index is 2.10. The van der Waals surface area contributed by atoms with Gasteiger partial charge in [0.2, 0.25) is 5.91 Å². The molecule has 0 aliphatic rings. The Kier molecular flexibility index (Phi) is 5.63. The van der Waals surface area contributed by atoms with Gasteiger partial charge in [-0.2, -0.15) is 0 Å². The van der Waals surface area contributed by atoms with Crippen molar-refractivity contribution in [2.24, 2.45) is 0 Å². The molecule has 2 rings (SSSR count). The molecule has 0 aromatic heterocycles. The van der Waals surface area contributed by atoms with Crippen LogP contribution in [-0.2, 0) is 4.79 Å². The van der Waals surface area contributed by atoms with Crippen LogP contribution in [0.5, 0.6) is 11.5 Å². The molecule has 0 heterocycles. The van der Waals surface area contributed by atoms with Crippen molar-refractivity contribution in [1.29, 1.82) is 0 Å². The first-order valence-corrected chi connectivity index (χ1v) is 7.64. The summed E-state index contributed by atoms with van der Waals surface area (Å²) in [4.78, 5) is 12.5. The number of nitrogens with one attached hydrogen (secondary N) is 1. The highest BCUT2D eigenvalue weighted by molar-refractivity contribution is 5.83. The number of benzene rings is 2. The zero-order chi connectivity index (χ0) is 16.8. The molecule has 1 amide bonds. The fourth-order valence-electron chi connectivity index (χ4n) is 2.44. The molecule has 0 fully saturated rings. The maximum atomic E-state index is 12.5. The minimum absolute atomic E-state index is 0.0198. The molecule has 122 valence electrons. The zero-order valence-electron chi connectivity index (χ0n) is 14.0. The lowest BCUT2D eigenvalue weighted by atomic mass is 9.98. The molecule has 2 aromatic carbocycles. The average molecular weight is 313 g/mol. The second-order valence-corrected chi connectivity index (χ2v) is 5.48. The highest BCUT2D eigenvalue weighted by Gasteiger charge is 2.19. The molecule has 23 heavy (non-hydrogen) atoms. The number of methoxy groups -OCH3 is 2. The second kappa shape index (κ2) is 7.68. The minimum Gasteiger partial charge on any atom is -0.493 e. The van der Waals surface area contributed by atoms with Crippen molar-refractivity contribution in [3.63, 3.8) is 0 Å². The number of ether oxygens (including phenoxy) is 2. The van der Waals surface area contributed by atoms with E-state index in [-0.39, 0.29) is 17.9 Å². The Morgan fingerprint density at radius 3 is 2.17 bits per heavy atom. The van der Waals surface area contributed by atoms with Gasteiger partial charge in [-0.3, -0.25) is 4.79 Å². The smallest absolute Gasteiger partial charge is 0.227 e. The molecule has 0 saturated heterocycles. The number of rotatable bonds is 6. The molecule has 0 bridgehead atoms. The summed E-state index contributed by atoms with van der Waals surface area (Å²) in [5.74, 6) is 0.983. The quantitative estimate of drug-likeness (QED) is 0.885. The van der Waals surface area contributed by atoms with Crippen LogP contribution in [-0.4, -0.2) is 20.1 Å². The van der Waals surface area contributed by atoms with Gasteiger partial charge in [0.1, 0.15) is 0 Å². The van der Waals surface area contributed by atoms with E-state index in [0.29, 0.717) is 11.5 Å². The molecule has 0 saturated carbocycles. The lowest BCUT2D eigenvalue weighted by Crippen LogP contribution is -2.30. The van der Waals surface area contributed by atoms with E-state index in [1.165, 1.54) is 0 Å². The minimum atomic E-state index is -0.277. The van der Waals surface area contributed by atoms with E-state index in [1.807, 2.05) is 62.4 Å². The first kappa shape index (κ1) is 16.9. The molecule has 1 N–H and O–H groups in total. The predicted molar refractivity (Wildman–Crippen MR) is 91.0 cm³/mol. The van der Waals surface area contributed by atoms with Gasteiger partial charge in [-0.1, -0.05) is 36.4 Å². The summed E-state index contributed by atoms with van der Waals surface area (Å²) < 4.78 is 10.5. The van der Waals surface area contributed by atoms with E-state index in [2.05, 4.69) is 5.32 Å². The molecule has 2 atom stereocenters. The summed E-state index contributed by atoms with van der Waals surface area (Å²) in [6, 6.07) is 15.4. The van der Waals surface area contributed by atoms with Gasteiger partial charge >= 0.3 is 0 Å². The number of carbonyl (C=O) groups is 1. The third-order valence-electron chi connectivity index (χ3n) is 3.96. The Bertz CT molecular complexity index is 655. The zero-order valence-corrected chi connectivity index (χ0v) is 14.0. The number of amides is 1. The molecule has 4 nitrogen and oxygen atoms in total. The standard InChI is InChI=1S/C19H23NO3/c1-13(16-10-11-17(22-3)18(12-16)23-4)19(21)20-14(2)15-8-6-5-7-9-15/h5-14H,1-4H3,(H,20,21). The van der Waals surface area contributed by atoms with E-state index in [0.717, 1.165) is 11.1 Å². The van der Waals surface area contributed by atoms with Crippen LogP contribution in [0.15, 0.2) is 48.5 Å². The van der Waals surface area contributed by atoms with Crippen LogP contribution in [0.2, 0.25) is 0 Å². The Morgan fingerprint density at radius 2 is 1.57 bits per heavy atom. The van der Waals surface area contributed by atoms with Crippen LogP contribution in [0.4, 0.5) is 0 Å². The Hall–Kier alpha value is -2.49. The van der Waals surface area contributed by atoms with Gasteiger partial charge in [-0.25, -0.2) is 0 Å². The number of hydrogen-bond donors (Lipinski definition) is 1. The first-order chi connectivity index (χ1) is 11.1. The molecule has 2 aromatic rings. The van der Waals surface area contributed by atoms with Crippen molar-refractivity contribution in [2.75, 3.05) is 14.2 Å². The van der Waals surface area contributed by atoms with E-state index in [4.69, 9.17) is 9.47 Å². The topological polar surface area (TPSA) is 47.6 Å². The van der Waals surface area contributed by atoms with E-state index in [9.17, 15) is 4.79 Å². The molecule has 0 aliphatic carbocycles. The third-order valence-corrected chi connectivity index (χ3v) is 3.96. The van der Waals surface area contributed by atoms with Gasteiger partial charge < -0.3 is 14.8 Å². The Morgan fingerprint density at radius 1 is 0.913 bits per heavy atom. The average Bonchev–Trinajstić information content (AvgIpc) is 2.61. The van der Waals surface area contributed by atoms with E-state index >= 15 is 0 Å². The van der Waals surface area contributed by atoms with Crippen LogP contribution >= 0.6 is 0 Å². The van der Waals surface area contributed by atoms with Crippen LogP contribution in [0.25, 0.3) is 0 Å². The number of hydrogen-bond acceptors (Lipinski definition) is 3. The highest BCUT2D eigenvalue weighted by Crippen LogP contribution is 2.30. The maximum absolute atomic E-state index is 12.5. The third kappa shape index (κ3) is 4.03. The lowest BCUT2D eigenvalue weighted by molar-refractivity contribution is -0.122. The van der Waals surface area contributed by atoms with Crippen molar-refractivity contribution < 1.29 is 14.3 Å². The molecule has 4 heteroatoms. The summed E-state index contributed by atoms with van der Waals surface area (Å²) in [5.41, 5.74) is 1.97. The van der Waals surface area contributed by atoms with Crippen molar-refractivity contribution in [1.82, 2.24) is 5.32 Å².